The highest BCUT2D eigenvalue weighted by atomic mass is 16.5. The minimum atomic E-state index is -0.866. The Balaban J connectivity index is 1.45. The van der Waals surface area contributed by atoms with Crippen molar-refractivity contribution in [3.63, 3.8) is 0 Å². The first-order chi connectivity index (χ1) is 15.7. The van der Waals surface area contributed by atoms with Crippen LogP contribution in [0, 0.1) is 0 Å². The number of nitrogens with one attached hydrogen (secondary N) is 2. The summed E-state index contributed by atoms with van der Waals surface area (Å²) < 4.78 is 5.25. The summed E-state index contributed by atoms with van der Waals surface area (Å²) in [6.45, 7) is 4.00. The molecule has 0 saturated carbocycles. The fraction of sp³-hybridized carbons (Fsp3) is 0.542. The van der Waals surface area contributed by atoms with Crippen LogP contribution < -0.4 is 10.6 Å². The number of aliphatic carboxylic acids is 1. The van der Waals surface area contributed by atoms with Crippen LogP contribution in [0.2, 0.25) is 0 Å². The number of carboxylic acids is 1. The summed E-state index contributed by atoms with van der Waals surface area (Å²) in [6, 6.07) is 9.10. The van der Waals surface area contributed by atoms with Gasteiger partial charge in [0.05, 0.1) is 6.61 Å². The Morgan fingerprint density at radius 3 is 2.94 bits per heavy atom. The number of fused-ring (bicyclic) bond motifs is 1. The Bertz CT molecular complexity index is 834. The van der Waals surface area contributed by atoms with Gasteiger partial charge in [-0.25, -0.2) is 14.8 Å². The molecule has 0 saturated heterocycles. The van der Waals surface area contributed by atoms with Crippen LogP contribution in [-0.2, 0) is 22.4 Å². The fourth-order valence-corrected chi connectivity index (χ4v) is 3.90. The lowest BCUT2D eigenvalue weighted by atomic mass is 10.1. The number of anilines is 2. The molecule has 3 heterocycles. The lowest BCUT2D eigenvalue weighted by molar-refractivity contribution is -0.138. The number of carboxylic acid groups (broad SMARTS) is 1. The number of aromatic nitrogens is 2. The van der Waals surface area contributed by atoms with Crippen LogP contribution in [0.25, 0.3) is 0 Å². The Hall–Kier alpha value is -2.71. The third kappa shape index (κ3) is 7.76. The second-order valence-electron chi connectivity index (χ2n) is 8.17. The highest BCUT2D eigenvalue weighted by molar-refractivity contribution is 5.76. The molecule has 0 bridgehead atoms. The predicted molar refractivity (Wildman–Crippen MR) is 126 cm³/mol. The lowest BCUT2D eigenvalue weighted by Crippen LogP contribution is -2.36. The SMILES string of the molecule is COCCN(CCCCc1ccc2c(n1)NCCC2)CC[C@H](Nc1ccccn1)C(=O)O. The van der Waals surface area contributed by atoms with E-state index in [1.165, 1.54) is 12.0 Å². The highest BCUT2D eigenvalue weighted by Crippen LogP contribution is 2.20. The highest BCUT2D eigenvalue weighted by Gasteiger charge is 2.19. The van der Waals surface area contributed by atoms with E-state index < -0.39 is 12.0 Å². The number of pyridine rings is 2. The third-order valence-electron chi connectivity index (χ3n) is 5.74. The van der Waals surface area contributed by atoms with Gasteiger partial charge in [-0.15, -0.1) is 0 Å². The van der Waals surface area contributed by atoms with Gasteiger partial charge in [-0.3, -0.25) is 0 Å². The summed E-state index contributed by atoms with van der Waals surface area (Å²) in [5, 5.41) is 16.0. The topological polar surface area (TPSA) is 99.6 Å². The van der Waals surface area contributed by atoms with E-state index >= 15 is 0 Å². The van der Waals surface area contributed by atoms with E-state index in [0.717, 1.165) is 56.8 Å². The number of nitrogens with zero attached hydrogens (tertiary/aromatic N) is 3. The van der Waals surface area contributed by atoms with E-state index in [1.807, 2.05) is 12.1 Å². The Morgan fingerprint density at radius 1 is 1.25 bits per heavy atom. The van der Waals surface area contributed by atoms with Crippen LogP contribution in [0.3, 0.4) is 0 Å². The zero-order valence-electron chi connectivity index (χ0n) is 18.9. The van der Waals surface area contributed by atoms with Crippen molar-refractivity contribution < 1.29 is 14.6 Å². The summed E-state index contributed by atoms with van der Waals surface area (Å²) in [5.74, 6) is 0.764. The number of carbonyl (C=O) groups is 1. The monoisotopic (exact) mass is 441 g/mol. The third-order valence-corrected chi connectivity index (χ3v) is 5.74. The van der Waals surface area contributed by atoms with E-state index in [0.29, 0.717) is 25.4 Å². The minimum Gasteiger partial charge on any atom is -0.480 e. The normalized spacial score (nSPS) is 13.9. The zero-order valence-corrected chi connectivity index (χ0v) is 18.9. The molecule has 0 radical (unpaired) electrons. The molecule has 2 aromatic heterocycles. The maximum atomic E-state index is 11.7. The first kappa shape index (κ1) is 23.9. The van der Waals surface area contributed by atoms with Gasteiger partial charge in [-0.05, 0) is 68.8 Å². The van der Waals surface area contributed by atoms with Crippen LogP contribution in [0.4, 0.5) is 11.6 Å². The van der Waals surface area contributed by atoms with Gasteiger partial charge in [-0.2, -0.15) is 0 Å². The van der Waals surface area contributed by atoms with E-state index in [-0.39, 0.29) is 0 Å². The van der Waals surface area contributed by atoms with Gasteiger partial charge >= 0.3 is 5.97 Å². The molecular formula is C24H35N5O3. The maximum Gasteiger partial charge on any atom is 0.326 e. The molecule has 8 nitrogen and oxygen atoms in total. The summed E-state index contributed by atoms with van der Waals surface area (Å²) in [5.41, 5.74) is 2.45. The number of hydrogen-bond acceptors (Lipinski definition) is 7. The summed E-state index contributed by atoms with van der Waals surface area (Å²) in [7, 11) is 1.69. The van der Waals surface area contributed by atoms with Crippen molar-refractivity contribution >= 4 is 17.6 Å². The van der Waals surface area contributed by atoms with E-state index in [4.69, 9.17) is 9.72 Å². The minimum absolute atomic E-state index is 0.494. The van der Waals surface area contributed by atoms with Crippen LogP contribution in [0.15, 0.2) is 36.5 Å². The standard InChI is InChI=1S/C24H35N5O3/c1-32-18-17-29(16-12-21(24(30)31)28-22-9-2-4-13-25-22)15-5-3-8-20-11-10-19-7-6-14-26-23(19)27-20/h2,4,9-11,13,21H,3,5-8,12,14-18H2,1H3,(H,25,28)(H,26,27)(H,30,31)/t21-/m0/s1. The van der Waals surface area contributed by atoms with Crippen molar-refractivity contribution in [2.75, 3.05) is 50.5 Å². The average Bonchev–Trinajstić information content (AvgIpc) is 2.82. The molecular weight excluding hydrogens is 406 g/mol. The first-order valence-corrected chi connectivity index (χ1v) is 11.5. The van der Waals surface area contributed by atoms with Crippen LogP contribution in [0.1, 0.15) is 36.9 Å². The molecule has 32 heavy (non-hydrogen) atoms. The Labute approximate surface area is 190 Å². The van der Waals surface area contributed by atoms with Crippen molar-refractivity contribution in [3.05, 3.63) is 47.8 Å². The number of hydrogen-bond donors (Lipinski definition) is 3. The molecule has 3 rings (SSSR count). The van der Waals surface area contributed by atoms with Crippen LogP contribution in [0.5, 0.6) is 0 Å². The van der Waals surface area contributed by atoms with Gasteiger partial charge in [0, 0.05) is 38.6 Å². The Kier molecular flexibility index (Phi) is 9.71. The summed E-state index contributed by atoms with van der Waals surface area (Å²) in [6.07, 6.45) is 7.45. The molecule has 1 aliphatic rings. The van der Waals surface area contributed by atoms with E-state index in [1.54, 1.807) is 19.4 Å². The number of unbranched alkanes of at least 4 members (excludes halogenated alkanes) is 1. The second-order valence-corrected chi connectivity index (χ2v) is 8.17. The van der Waals surface area contributed by atoms with Crippen LogP contribution in [-0.4, -0.2) is 71.9 Å². The fourth-order valence-electron chi connectivity index (χ4n) is 3.90. The molecule has 0 aromatic carbocycles. The van der Waals surface area contributed by atoms with Crippen LogP contribution >= 0.6 is 0 Å². The molecule has 2 aromatic rings. The quantitative estimate of drug-likeness (QED) is 0.385. The first-order valence-electron chi connectivity index (χ1n) is 11.5. The van der Waals surface area contributed by atoms with Crippen molar-refractivity contribution in [1.29, 1.82) is 0 Å². The van der Waals surface area contributed by atoms with Gasteiger partial charge in [0.15, 0.2) is 0 Å². The molecule has 8 heteroatoms. The van der Waals surface area contributed by atoms with E-state index in [2.05, 4.69) is 32.7 Å². The maximum absolute atomic E-state index is 11.7. The van der Waals surface area contributed by atoms with Gasteiger partial charge in [-0.1, -0.05) is 12.1 Å². The van der Waals surface area contributed by atoms with Gasteiger partial charge in [0.2, 0.25) is 0 Å². The van der Waals surface area contributed by atoms with Crippen molar-refractivity contribution in [2.45, 2.75) is 44.6 Å². The van der Waals surface area contributed by atoms with E-state index in [9.17, 15) is 9.90 Å². The number of ether oxygens (including phenoxy) is 1. The van der Waals surface area contributed by atoms with Gasteiger partial charge in [0.1, 0.15) is 17.7 Å². The Morgan fingerprint density at radius 2 is 2.16 bits per heavy atom. The molecule has 0 unspecified atom stereocenters. The van der Waals surface area contributed by atoms with Crippen molar-refractivity contribution in [3.8, 4) is 0 Å². The number of aryl methyl sites for hydroxylation is 2. The lowest BCUT2D eigenvalue weighted by Gasteiger charge is -2.24. The molecule has 0 aliphatic carbocycles. The number of methoxy groups -OCH3 is 1. The van der Waals surface area contributed by atoms with Crippen molar-refractivity contribution in [2.24, 2.45) is 0 Å². The molecule has 3 N–H and O–H groups in total. The molecule has 1 aliphatic heterocycles. The number of rotatable bonds is 14. The second kappa shape index (κ2) is 13.0. The molecule has 0 fully saturated rings. The zero-order chi connectivity index (χ0) is 22.6. The summed E-state index contributed by atoms with van der Waals surface area (Å²) in [4.78, 5) is 22.9. The van der Waals surface area contributed by atoms with Gasteiger partial charge < -0.3 is 25.4 Å². The largest absolute Gasteiger partial charge is 0.480 e. The molecule has 0 amide bonds. The van der Waals surface area contributed by atoms with Crippen molar-refractivity contribution in [1.82, 2.24) is 14.9 Å². The molecule has 174 valence electrons. The smallest absolute Gasteiger partial charge is 0.326 e. The summed E-state index contributed by atoms with van der Waals surface area (Å²) >= 11 is 0. The molecule has 0 spiro atoms. The predicted octanol–water partition coefficient (Wildman–Crippen LogP) is 3.06. The average molecular weight is 442 g/mol. The van der Waals surface area contributed by atoms with Gasteiger partial charge in [0.25, 0.3) is 0 Å². The molecule has 1 atom stereocenters.